The van der Waals surface area contributed by atoms with Gasteiger partial charge >= 0.3 is 0 Å². The molecular weight excluding hydrogens is 250 g/mol. The van der Waals surface area contributed by atoms with Crippen LogP contribution in [-0.4, -0.2) is 36.1 Å². The molecule has 3 heterocycles. The minimum Gasteiger partial charge on any atom is -0.332 e. The van der Waals surface area contributed by atoms with Crippen molar-refractivity contribution in [2.75, 3.05) is 11.4 Å². The zero-order valence-corrected chi connectivity index (χ0v) is 11.2. The molecule has 3 rings (SSSR count). The third-order valence-electron chi connectivity index (χ3n) is 3.12. The highest BCUT2D eigenvalue weighted by Gasteiger charge is 2.22. The minimum atomic E-state index is 0.283. The van der Waals surface area contributed by atoms with Crippen LogP contribution in [0.15, 0.2) is 6.33 Å². The van der Waals surface area contributed by atoms with Crippen molar-refractivity contribution in [3.8, 4) is 0 Å². The summed E-state index contributed by atoms with van der Waals surface area (Å²) in [6.07, 6.45) is 1.77. The molecule has 8 heteroatoms. The molecule has 0 radical (unpaired) electrons. The lowest BCUT2D eigenvalue weighted by Gasteiger charge is -2.28. The van der Waals surface area contributed by atoms with Crippen LogP contribution < -0.4 is 4.90 Å². The Balaban J connectivity index is 1.96. The average Bonchev–Trinajstić information content (AvgIpc) is 2.93. The van der Waals surface area contributed by atoms with Crippen molar-refractivity contribution < 1.29 is 0 Å². The fourth-order valence-corrected chi connectivity index (χ4v) is 2.56. The maximum atomic E-state index is 5.26. The normalized spacial score (nSPS) is 15.2. The van der Waals surface area contributed by atoms with E-state index in [0.29, 0.717) is 11.3 Å². The highest BCUT2D eigenvalue weighted by Crippen LogP contribution is 2.21. The molecule has 0 aliphatic carbocycles. The first-order chi connectivity index (χ1) is 8.66. The molecule has 0 atom stereocenters. The Bertz CT molecular complexity index is 608. The van der Waals surface area contributed by atoms with Crippen molar-refractivity contribution in [3.63, 3.8) is 0 Å². The Labute approximate surface area is 109 Å². The van der Waals surface area contributed by atoms with Crippen molar-refractivity contribution in [2.45, 2.75) is 33.0 Å². The molecule has 1 aliphatic rings. The van der Waals surface area contributed by atoms with Crippen LogP contribution in [0.2, 0.25) is 0 Å². The van der Waals surface area contributed by atoms with Gasteiger partial charge in [0.2, 0.25) is 5.95 Å². The van der Waals surface area contributed by atoms with Gasteiger partial charge in [0.15, 0.2) is 10.6 Å². The van der Waals surface area contributed by atoms with Crippen LogP contribution in [0.4, 0.5) is 5.95 Å². The topological polar surface area (TPSA) is 67.6 Å². The summed E-state index contributed by atoms with van der Waals surface area (Å²) < 4.78 is 4.76. The van der Waals surface area contributed by atoms with E-state index in [-0.39, 0.29) is 6.04 Å². The van der Waals surface area contributed by atoms with Crippen molar-refractivity contribution >= 4 is 18.2 Å². The summed E-state index contributed by atoms with van der Waals surface area (Å²) in [7, 11) is 0. The predicted octanol–water partition coefficient (Wildman–Crippen LogP) is 1.13. The first-order valence-electron chi connectivity index (χ1n) is 5.95. The van der Waals surface area contributed by atoms with Gasteiger partial charge in [-0.3, -0.25) is 4.57 Å². The summed E-state index contributed by atoms with van der Waals surface area (Å²) in [6.45, 7) is 6.67. The number of hydrogen-bond donors (Lipinski definition) is 1. The van der Waals surface area contributed by atoms with Gasteiger partial charge in [-0.2, -0.15) is 0 Å². The molecule has 2 aromatic rings. The van der Waals surface area contributed by atoms with Crippen molar-refractivity contribution in [1.82, 2.24) is 29.5 Å². The molecule has 0 bridgehead atoms. The number of hydrogen-bond acceptors (Lipinski definition) is 5. The lowest BCUT2D eigenvalue weighted by Crippen LogP contribution is -2.35. The summed E-state index contributed by atoms with van der Waals surface area (Å²) in [5.74, 6) is 1.84. The summed E-state index contributed by atoms with van der Waals surface area (Å²) in [4.78, 5) is 2.18. The van der Waals surface area contributed by atoms with Gasteiger partial charge in [-0.1, -0.05) is 0 Å². The van der Waals surface area contributed by atoms with E-state index >= 15 is 0 Å². The lowest BCUT2D eigenvalue weighted by molar-refractivity contribution is 0.521. The molecule has 0 fully saturated rings. The summed E-state index contributed by atoms with van der Waals surface area (Å²) in [6, 6.07) is 0.283. The molecule has 1 aliphatic heterocycles. The van der Waals surface area contributed by atoms with Crippen LogP contribution in [0.5, 0.6) is 0 Å². The monoisotopic (exact) mass is 265 g/mol. The van der Waals surface area contributed by atoms with Crippen molar-refractivity contribution in [3.05, 3.63) is 16.9 Å². The fraction of sp³-hybridized carbons (Fsp3) is 0.600. The van der Waals surface area contributed by atoms with Crippen LogP contribution >= 0.6 is 12.2 Å². The fourth-order valence-electron chi connectivity index (χ4n) is 2.22. The number of nitrogens with one attached hydrogen (secondary N) is 1. The van der Waals surface area contributed by atoms with E-state index in [1.807, 2.05) is 4.57 Å². The highest BCUT2D eigenvalue weighted by molar-refractivity contribution is 7.71. The number of H-pyrrole nitrogens is 1. The summed E-state index contributed by atoms with van der Waals surface area (Å²) >= 11 is 5.26. The van der Waals surface area contributed by atoms with E-state index in [2.05, 4.69) is 43.7 Å². The van der Waals surface area contributed by atoms with Gasteiger partial charge in [-0.15, -0.1) is 15.3 Å². The van der Waals surface area contributed by atoms with E-state index < -0.39 is 0 Å². The molecule has 96 valence electrons. The molecule has 0 aromatic carbocycles. The number of aromatic amines is 1. The van der Waals surface area contributed by atoms with Gasteiger partial charge in [0, 0.05) is 19.1 Å². The average molecular weight is 265 g/mol. The molecule has 0 saturated heterocycles. The Kier molecular flexibility index (Phi) is 2.66. The molecule has 2 aromatic heterocycles. The Hall–Kier alpha value is -1.70. The van der Waals surface area contributed by atoms with Crippen LogP contribution in [0.3, 0.4) is 0 Å². The predicted molar refractivity (Wildman–Crippen MR) is 68.9 cm³/mol. The first kappa shape index (κ1) is 11.4. The Morgan fingerprint density at radius 1 is 1.39 bits per heavy atom. The number of rotatable bonds is 2. The van der Waals surface area contributed by atoms with Crippen molar-refractivity contribution in [2.24, 2.45) is 0 Å². The van der Waals surface area contributed by atoms with Crippen LogP contribution in [0.25, 0.3) is 0 Å². The third-order valence-corrected chi connectivity index (χ3v) is 3.41. The quantitative estimate of drug-likeness (QED) is 0.825. The number of aromatic nitrogens is 6. The molecule has 18 heavy (non-hydrogen) atoms. The smallest absolute Gasteiger partial charge is 0.226 e. The van der Waals surface area contributed by atoms with Gasteiger partial charge in [-0.25, -0.2) is 5.10 Å². The number of nitrogens with zero attached hydrogens (tertiary/aromatic N) is 6. The van der Waals surface area contributed by atoms with Gasteiger partial charge in [-0.05, 0) is 26.1 Å². The lowest BCUT2D eigenvalue weighted by atomic mass is 10.3. The number of anilines is 1. The summed E-state index contributed by atoms with van der Waals surface area (Å²) in [5.41, 5.74) is 0. The van der Waals surface area contributed by atoms with Crippen LogP contribution in [-0.2, 0) is 13.1 Å². The third kappa shape index (κ3) is 1.72. The zero-order valence-electron chi connectivity index (χ0n) is 10.4. The maximum absolute atomic E-state index is 5.26. The molecule has 1 N–H and O–H groups in total. The molecule has 0 unspecified atom stereocenters. The zero-order chi connectivity index (χ0) is 12.7. The van der Waals surface area contributed by atoms with Gasteiger partial charge in [0.1, 0.15) is 6.33 Å². The van der Waals surface area contributed by atoms with Crippen LogP contribution in [0, 0.1) is 4.77 Å². The van der Waals surface area contributed by atoms with Crippen molar-refractivity contribution in [1.29, 1.82) is 0 Å². The Morgan fingerprint density at radius 2 is 2.22 bits per heavy atom. The largest absolute Gasteiger partial charge is 0.332 e. The molecular formula is C10H15N7S. The standard InChI is InChI=1S/C10H15N7S/c1-7(2)17-9(13-14-10(17)18)15-3-4-16-6-11-12-8(16)5-15/h6-7H,3-5H2,1-2H3,(H,14,18). The van der Waals surface area contributed by atoms with E-state index in [1.54, 1.807) is 6.33 Å². The summed E-state index contributed by atoms with van der Waals surface area (Å²) in [5, 5.41) is 15.2. The second kappa shape index (κ2) is 4.20. The number of fused-ring (bicyclic) bond motifs is 1. The molecule has 7 nitrogen and oxygen atoms in total. The highest BCUT2D eigenvalue weighted by atomic mass is 32.1. The minimum absolute atomic E-state index is 0.283. The maximum Gasteiger partial charge on any atom is 0.226 e. The van der Waals surface area contributed by atoms with E-state index in [0.717, 1.165) is 24.9 Å². The second-order valence-electron chi connectivity index (χ2n) is 4.65. The van der Waals surface area contributed by atoms with Crippen LogP contribution in [0.1, 0.15) is 25.7 Å². The second-order valence-corrected chi connectivity index (χ2v) is 5.04. The molecule has 0 saturated carbocycles. The van der Waals surface area contributed by atoms with E-state index in [4.69, 9.17) is 12.2 Å². The van der Waals surface area contributed by atoms with Gasteiger partial charge in [0.25, 0.3) is 0 Å². The molecule has 0 spiro atoms. The first-order valence-corrected chi connectivity index (χ1v) is 6.36. The van der Waals surface area contributed by atoms with E-state index in [9.17, 15) is 0 Å². The Morgan fingerprint density at radius 3 is 3.00 bits per heavy atom. The van der Waals surface area contributed by atoms with Gasteiger partial charge in [0.05, 0.1) is 6.54 Å². The van der Waals surface area contributed by atoms with E-state index in [1.165, 1.54) is 0 Å². The molecule has 0 amide bonds. The SMILES string of the molecule is CC(C)n1c(N2CCn3cnnc3C2)n[nH]c1=S. The van der Waals surface area contributed by atoms with Gasteiger partial charge < -0.3 is 9.47 Å².